The number of fused-ring (bicyclic) bond motifs is 6. The Labute approximate surface area is 281 Å². The number of benzene rings is 7. The van der Waals surface area contributed by atoms with Gasteiger partial charge in [0.2, 0.25) is 0 Å². The number of nitrogens with zero attached hydrogens (tertiary/aromatic N) is 1. The lowest BCUT2D eigenvalue weighted by atomic mass is 9.35. The lowest BCUT2D eigenvalue weighted by Gasteiger charge is -2.36. The Bertz CT molecular complexity index is 2310. The molecule has 48 heavy (non-hydrogen) atoms. The molecular weight excluding hydrogens is 585 g/mol. The molecule has 0 aromatic heterocycles. The zero-order chi connectivity index (χ0) is 31.6. The molecule has 3 aliphatic rings. The first kappa shape index (κ1) is 27.4. The van der Waals surface area contributed by atoms with E-state index in [9.17, 15) is 0 Å². The molecular formula is C44H32BNO2. The monoisotopic (exact) mass is 617 g/mol. The maximum Gasteiger partial charge on any atom is 0.260 e. The zero-order valence-corrected chi connectivity index (χ0v) is 26.5. The van der Waals surface area contributed by atoms with Crippen molar-refractivity contribution in [3.63, 3.8) is 0 Å². The van der Waals surface area contributed by atoms with Crippen LogP contribution in [0.4, 0.5) is 17.1 Å². The van der Waals surface area contributed by atoms with Crippen molar-refractivity contribution in [3.05, 3.63) is 157 Å². The molecule has 0 spiro atoms. The van der Waals surface area contributed by atoms with Gasteiger partial charge in [0, 0.05) is 28.5 Å². The predicted molar refractivity (Wildman–Crippen MR) is 198 cm³/mol. The van der Waals surface area contributed by atoms with Gasteiger partial charge in [-0.1, -0.05) is 109 Å². The highest BCUT2D eigenvalue weighted by Gasteiger charge is 2.40. The first-order valence-electron chi connectivity index (χ1n) is 17.0. The molecule has 0 saturated carbocycles. The Hall–Kier alpha value is -5.74. The van der Waals surface area contributed by atoms with Crippen molar-refractivity contribution in [2.75, 3.05) is 4.90 Å². The molecule has 0 radical (unpaired) electrons. The molecule has 1 aliphatic carbocycles. The third kappa shape index (κ3) is 4.22. The van der Waals surface area contributed by atoms with Gasteiger partial charge in [0.15, 0.2) is 0 Å². The van der Waals surface area contributed by atoms with E-state index in [2.05, 4.69) is 150 Å². The Morgan fingerprint density at radius 2 is 1.17 bits per heavy atom. The Balaban J connectivity index is 1.27. The Morgan fingerprint density at radius 3 is 1.94 bits per heavy atom. The van der Waals surface area contributed by atoms with E-state index in [1.165, 1.54) is 56.8 Å². The largest absolute Gasteiger partial charge is 0.458 e. The lowest BCUT2D eigenvalue weighted by molar-refractivity contribution is 0.465. The quantitative estimate of drug-likeness (QED) is 0.184. The van der Waals surface area contributed by atoms with Gasteiger partial charge >= 0.3 is 0 Å². The fraction of sp³-hybridized carbons (Fsp3) is 0.0909. The summed E-state index contributed by atoms with van der Waals surface area (Å²) < 4.78 is 13.6. The van der Waals surface area contributed by atoms with Gasteiger partial charge in [-0.2, -0.15) is 0 Å². The van der Waals surface area contributed by atoms with E-state index in [0.717, 1.165) is 58.4 Å². The van der Waals surface area contributed by atoms with Crippen molar-refractivity contribution < 1.29 is 9.47 Å². The number of para-hydroxylation sites is 2. The van der Waals surface area contributed by atoms with Crippen molar-refractivity contribution in [1.29, 1.82) is 0 Å². The molecule has 10 rings (SSSR count). The van der Waals surface area contributed by atoms with Crippen LogP contribution in [0.1, 0.15) is 24.0 Å². The maximum atomic E-state index is 6.79. The zero-order valence-electron chi connectivity index (χ0n) is 26.5. The molecule has 7 aromatic carbocycles. The summed E-state index contributed by atoms with van der Waals surface area (Å²) in [4.78, 5) is 2.44. The molecule has 4 heteroatoms. The third-order valence-electron chi connectivity index (χ3n) is 10.4. The molecule has 0 bridgehead atoms. The highest BCUT2D eigenvalue weighted by molar-refractivity contribution is 6.98. The second kappa shape index (κ2) is 10.9. The first-order chi connectivity index (χ1) is 23.8. The van der Waals surface area contributed by atoms with Crippen molar-refractivity contribution >= 4 is 50.9 Å². The van der Waals surface area contributed by atoms with Gasteiger partial charge in [-0.15, -0.1) is 0 Å². The summed E-state index contributed by atoms with van der Waals surface area (Å²) in [5.41, 5.74) is 12.2. The van der Waals surface area contributed by atoms with E-state index in [-0.39, 0.29) is 6.71 Å². The number of hydrogen-bond donors (Lipinski definition) is 0. The van der Waals surface area contributed by atoms with E-state index < -0.39 is 0 Å². The highest BCUT2D eigenvalue weighted by Crippen LogP contribution is 2.49. The van der Waals surface area contributed by atoms with Crippen LogP contribution in [0.5, 0.6) is 23.0 Å². The topological polar surface area (TPSA) is 21.7 Å². The van der Waals surface area contributed by atoms with Crippen LogP contribution in [0.2, 0.25) is 0 Å². The van der Waals surface area contributed by atoms with Gasteiger partial charge in [-0.3, -0.25) is 0 Å². The predicted octanol–water partition coefficient (Wildman–Crippen LogP) is 9.58. The van der Waals surface area contributed by atoms with E-state index >= 15 is 0 Å². The molecule has 0 unspecified atom stereocenters. The third-order valence-corrected chi connectivity index (χ3v) is 10.4. The molecule has 0 saturated heterocycles. The summed E-state index contributed by atoms with van der Waals surface area (Å²) in [6.45, 7) is 0.0357. The molecule has 3 nitrogen and oxygen atoms in total. The molecule has 2 aliphatic heterocycles. The van der Waals surface area contributed by atoms with Crippen LogP contribution < -0.4 is 30.8 Å². The summed E-state index contributed by atoms with van der Waals surface area (Å²) in [7, 11) is 0. The summed E-state index contributed by atoms with van der Waals surface area (Å²) in [6, 6.07) is 52.3. The standard InChI is InChI=1S/C44H32BNO2/c1-2-15-31(16-3-1)43-34-19-7-5-14-30(34)25-26-38(43)46(37-22-12-17-29-13-4-6-18-33(29)37)32-27-41-44-42(28-32)48-40-24-11-9-21-36(40)45(44)35-20-8-10-23-39(35)47-41/h1-4,6,8-13,15-18,20-28H,5,7,14,19H2. The maximum absolute atomic E-state index is 6.79. The fourth-order valence-electron chi connectivity index (χ4n) is 8.25. The number of hydrogen-bond acceptors (Lipinski definition) is 3. The van der Waals surface area contributed by atoms with Gasteiger partial charge < -0.3 is 14.4 Å². The van der Waals surface area contributed by atoms with Crippen LogP contribution in [-0.2, 0) is 12.8 Å². The average Bonchev–Trinajstić information content (AvgIpc) is 3.15. The molecule has 0 fully saturated rings. The minimum absolute atomic E-state index is 0.0357. The summed E-state index contributed by atoms with van der Waals surface area (Å²) in [6.07, 6.45) is 4.64. The second-order valence-corrected chi connectivity index (χ2v) is 13.1. The average molecular weight is 618 g/mol. The minimum atomic E-state index is 0.0357. The minimum Gasteiger partial charge on any atom is -0.458 e. The van der Waals surface area contributed by atoms with Crippen molar-refractivity contribution in [1.82, 2.24) is 0 Å². The molecule has 228 valence electrons. The highest BCUT2D eigenvalue weighted by atomic mass is 16.5. The summed E-state index contributed by atoms with van der Waals surface area (Å²) >= 11 is 0. The van der Waals surface area contributed by atoms with E-state index in [4.69, 9.17) is 9.47 Å². The van der Waals surface area contributed by atoms with Crippen molar-refractivity contribution in [2.45, 2.75) is 25.7 Å². The molecule has 7 aromatic rings. The summed E-state index contributed by atoms with van der Waals surface area (Å²) in [5.74, 6) is 3.46. The number of aryl methyl sites for hydroxylation is 1. The van der Waals surface area contributed by atoms with E-state index in [0.29, 0.717) is 0 Å². The number of anilines is 3. The van der Waals surface area contributed by atoms with Crippen LogP contribution in [-0.4, -0.2) is 6.71 Å². The van der Waals surface area contributed by atoms with Gasteiger partial charge in [0.1, 0.15) is 23.0 Å². The van der Waals surface area contributed by atoms with Crippen molar-refractivity contribution in [2.24, 2.45) is 0 Å². The summed E-state index contributed by atoms with van der Waals surface area (Å²) in [5, 5.41) is 2.40. The molecule has 2 heterocycles. The number of ether oxygens (including phenoxy) is 2. The molecule has 0 atom stereocenters. The van der Waals surface area contributed by atoms with Crippen LogP contribution in [0.25, 0.3) is 21.9 Å². The van der Waals surface area contributed by atoms with Crippen LogP contribution in [0, 0.1) is 0 Å². The van der Waals surface area contributed by atoms with Crippen LogP contribution >= 0.6 is 0 Å². The fourth-order valence-corrected chi connectivity index (χ4v) is 8.25. The SMILES string of the molecule is c1ccc(-c2c(N(c3cc4c5c(c3)Oc3ccccc3B5c3ccccc3O4)c3cccc4ccccc34)ccc3c2CCCC3)cc1. The normalized spacial score (nSPS) is 13.8. The van der Waals surface area contributed by atoms with Gasteiger partial charge in [0.05, 0.1) is 17.1 Å². The smallest absolute Gasteiger partial charge is 0.260 e. The van der Waals surface area contributed by atoms with E-state index in [1.54, 1.807) is 0 Å². The lowest BCUT2D eigenvalue weighted by Crippen LogP contribution is -2.57. The first-order valence-corrected chi connectivity index (χ1v) is 17.0. The Kier molecular flexibility index (Phi) is 6.23. The number of rotatable bonds is 4. The van der Waals surface area contributed by atoms with Crippen molar-refractivity contribution in [3.8, 4) is 34.1 Å². The van der Waals surface area contributed by atoms with Gasteiger partial charge in [-0.25, -0.2) is 0 Å². The van der Waals surface area contributed by atoms with Gasteiger partial charge in [-0.05, 0) is 83.0 Å². The van der Waals surface area contributed by atoms with Crippen LogP contribution in [0.15, 0.2) is 146 Å². The van der Waals surface area contributed by atoms with E-state index in [1.807, 2.05) is 0 Å². The van der Waals surface area contributed by atoms with Crippen LogP contribution in [0.3, 0.4) is 0 Å². The second-order valence-electron chi connectivity index (χ2n) is 13.1. The molecule has 0 amide bonds. The Morgan fingerprint density at radius 1 is 0.521 bits per heavy atom. The van der Waals surface area contributed by atoms with Gasteiger partial charge in [0.25, 0.3) is 6.71 Å². The molecule has 0 N–H and O–H groups in total.